The van der Waals surface area contributed by atoms with Crippen LogP contribution in [0.5, 0.6) is 5.75 Å². The first-order chi connectivity index (χ1) is 15.9. The molecule has 3 aromatic rings. The zero-order chi connectivity index (χ0) is 23.3. The molecule has 0 saturated carbocycles. The normalized spacial score (nSPS) is 14.0. The van der Waals surface area contributed by atoms with E-state index >= 15 is 0 Å². The van der Waals surface area contributed by atoms with E-state index in [1.165, 1.54) is 17.7 Å². The van der Waals surface area contributed by atoms with E-state index in [9.17, 15) is 13.2 Å². The number of rotatable bonds is 7. The Kier molecular flexibility index (Phi) is 7.05. The van der Waals surface area contributed by atoms with Gasteiger partial charge in [-0.25, -0.2) is 0 Å². The molecule has 1 N–H and O–H groups in total. The highest BCUT2D eigenvalue weighted by Gasteiger charge is 2.30. The van der Waals surface area contributed by atoms with Crippen molar-refractivity contribution in [2.75, 3.05) is 26.4 Å². The second-order valence-electron chi connectivity index (χ2n) is 7.28. The predicted molar refractivity (Wildman–Crippen MR) is 120 cm³/mol. The molecule has 172 valence electrons. The van der Waals surface area contributed by atoms with Crippen molar-refractivity contribution in [1.29, 1.82) is 0 Å². The van der Waals surface area contributed by atoms with E-state index < -0.39 is 11.7 Å². The van der Waals surface area contributed by atoms with Crippen LogP contribution in [0.4, 0.5) is 13.2 Å². The van der Waals surface area contributed by atoms with Gasteiger partial charge >= 0.3 is 6.18 Å². The first-order valence-corrected chi connectivity index (χ1v) is 10.6. The maximum absolute atomic E-state index is 12.7. The lowest BCUT2D eigenvalue weighted by Crippen LogP contribution is -2.29. The van der Waals surface area contributed by atoms with E-state index in [0.717, 1.165) is 25.2 Å². The fourth-order valence-electron chi connectivity index (χ4n) is 3.10. The average molecular weight is 475 g/mol. The van der Waals surface area contributed by atoms with Crippen LogP contribution < -0.4 is 10.1 Å². The number of nitrogens with one attached hydrogen (secondary N) is 1. The Balaban J connectivity index is 1.31. The molecule has 0 radical (unpaired) electrons. The van der Waals surface area contributed by atoms with Gasteiger partial charge in [0.15, 0.2) is 0 Å². The highest BCUT2D eigenvalue weighted by atomic mass is 32.1. The van der Waals surface area contributed by atoms with Crippen molar-refractivity contribution in [3.05, 3.63) is 65.7 Å². The molecule has 2 aromatic carbocycles. The van der Waals surface area contributed by atoms with E-state index in [0.29, 0.717) is 35.0 Å². The number of thiocarbonyl (C=S) groups is 1. The average Bonchev–Trinajstić information content (AvgIpc) is 3.32. The Labute approximate surface area is 193 Å². The second-order valence-corrected chi connectivity index (χ2v) is 7.77. The number of aromatic nitrogens is 2. The van der Waals surface area contributed by atoms with Crippen molar-refractivity contribution in [3.63, 3.8) is 0 Å². The van der Waals surface area contributed by atoms with E-state index in [2.05, 4.69) is 21.5 Å². The van der Waals surface area contributed by atoms with Crippen LogP contribution in [-0.4, -0.2) is 41.5 Å². The third-order valence-electron chi connectivity index (χ3n) is 4.94. The number of hydrogen-bond donors (Lipinski definition) is 1. The summed E-state index contributed by atoms with van der Waals surface area (Å²) in [5.74, 6) is 1.07. The molecule has 0 atom stereocenters. The minimum atomic E-state index is -4.40. The second kappa shape index (κ2) is 10.1. The van der Waals surface area contributed by atoms with Crippen LogP contribution in [0.1, 0.15) is 12.0 Å². The molecule has 4 rings (SSSR count). The fourth-order valence-corrected chi connectivity index (χ4v) is 3.23. The third kappa shape index (κ3) is 6.17. The van der Waals surface area contributed by atoms with Crippen molar-refractivity contribution in [2.45, 2.75) is 12.6 Å². The lowest BCUT2D eigenvalue weighted by molar-refractivity contribution is -0.137. The van der Waals surface area contributed by atoms with E-state index in [1.54, 1.807) is 24.3 Å². The summed E-state index contributed by atoms with van der Waals surface area (Å²) in [6, 6.07) is 11.6. The van der Waals surface area contributed by atoms with Crippen molar-refractivity contribution in [3.8, 4) is 28.6 Å². The van der Waals surface area contributed by atoms with Gasteiger partial charge in [-0.1, -0.05) is 41.2 Å². The molecule has 0 aliphatic carbocycles. The van der Waals surface area contributed by atoms with Gasteiger partial charge in [0.2, 0.25) is 5.82 Å². The first-order valence-electron chi connectivity index (χ1n) is 10.2. The van der Waals surface area contributed by atoms with Crippen molar-refractivity contribution < 1.29 is 27.2 Å². The molecule has 1 aliphatic heterocycles. The van der Waals surface area contributed by atoms with E-state index in [4.69, 9.17) is 26.2 Å². The van der Waals surface area contributed by atoms with Crippen LogP contribution in [0.2, 0.25) is 0 Å². The smallest absolute Gasteiger partial charge is 0.416 e. The molecule has 0 bridgehead atoms. The molecule has 1 aromatic heterocycles. The van der Waals surface area contributed by atoms with E-state index in [1.807, 2.05) is 0 Å². The molecular weight excluding hydrogens is 455 g/mol. The molecule has 33 heavy (non-hydrogen) atoms. The molecule has 1 aliphatic rings. The van der Waals surface area contributed by atoms with Crippen LogP contribution in [0.15, 0.2) is 64.7 Å². The van der Waals surface area contributed by atoms with Gasteiger partial charge in [-0.2, -0.15) is 18.2 Å². The van der Waals surface area contributed by atoms with Gasteiger partial charge in [0.1, 0.15) is 17.3 Å². The molecule has 0 saturated heterocycles. The number of halogens is 3. The summed E-state index contributed by atoms with van der Waals surface area (Å²) in [6.45, 7) is 2.30. The highest BCUT2D eigenvalue weighted by Crippen LogP contribution is 2.31. The Morgan fingerprint density at radius 1 is 1.06 bits per heavy atom. The summed E-state index contributed by atoms with van der Waals surface area (Å²) >= 11 is 5.31. The predicted octanol–water partition coefficient (Wildman–Crippen LogP) is 5.06. The molecular formula is C23H20F3N3O3S. The monoisotopic (exact) mass is 475 g/mol. The molecule has 10 heteroatoms. The van der Waals surface area contributed by atoms with Gasteiger partial charge in [0, 0.05) is 17.7 Å². The lowest BCUT2D eigenvalue weighted by atomic mass is 10.1. The van der Waals surface area contributed by atoms with E-state index in [-0.39, 0.29) is 18.3 Å². The number of ether oxygens (including phenoxy) is 2. The number of alkyl halides is 3. The fraction of sp³-hybridized carbons (Fsp3) is 0.261. The molecule has 0 amide bonds. The van der Waals surface area contributed by atoms with Crippen molar-refractivity contribution in [1.82, 2.24) is 15.5 Å². The molecule has 6 nitrogen and oxygen atoms in total. The summed E-state index contributed by atoms with van der Waals surface area (Å²) in [5.41, 5.74) is 1.61. The molecule has 2 heterocycles. The Morgan fingerprint density at radius 3 is 2.45 bits per heavy atom. The zero-order valence-corrected chi connectivity index (χ0v) is 18.2. The van der Waals surface area contributed by atoms with Gasteiger partial charge < -0.3 is 19.3 Å². The van der Waals surface area contributed by atoms with Crippen LogP contribution in [0.3, 0.4) is 0 Å². The van der Waals surface area contributed by atoms with Crippen molar-refractivity contribution >= 4 is 17.2 Å². The molecule has 0 unspecified atom stereocenters. The number of benzene rings is 2. The minimum absolute atomic E-state index is 0.204. The maximum Gasteiger partial charge on any atom is 0.416 e. The summed E-state index contributed by atoms with van der Waals surface area (Å²) in [6.07, 6.45) is -1.44. The minimum Gasteiger partial charge on any atom is -0.486 e. The largest absolute Gasteiger partial charge is 0.486 e. The third-order valence-corrected chi connectivity index (χ3v) is 5.20. The Bertz CT molecular complexity index is 1130. The maximum atomic E-state index is 12.7. The van der Waals surface area contributed by atoms with Gasteiger partial charge in [0.05, 0.1) is 18.8 Å². The van der Waals surface area contributed by atoms with Gasteiger partial charge in [-0.05, 0) is 42.8 Å². The van der Waals surface area contributed by atoms with Crippen molar-refractivity contribution in [2.24, 2.45) is 0 Å². The molecule has 0 fully saturated rings. The lowest BCUT2D eigenvalue weighted by Gasteiger charge is -2.15. The van der Waals surface area contributed by atoms with Crippen LogP contribution in [-0.2, 0) is 10.9 Å². The standard InChI is InChI=1S/C23H20F3N3O3S/c24-23(25,26)18-5-1-16(2-6-18)21-28-22(32-29-21)17-3-7-19(8-4-17)31-14-20(33)27-13-15-9-11-30-12-10-15/h1-9H,10-14H2,(H,27,33). The van der Waals surface area contributed by atoms with Crippen LogP contribution in [0.25, 0.3) is 22.8 Å². The van der Waals surface area contributed by atoms with Gasteiger partial charge in [-0.3, -0.25) is 0 Å². The van der Waals surface area contributed by atoms with Crippen LogP contribution in [0, 0.1) is 0 Å². The zero-order valence-electron chi connectivity index (χ0n) is 17.4. The number of nitrogens with zero attached hydrogens (tertiary/aromatic N) is 2. The topological polar surface area (TPSA) is 69.4 Å². The summed E-state index contributed by atoms with van der Waals surface area (Å²) in [7, 11) is 0. The Morgan fingerprint density at radius 2 is 1.79 bits per heavy atom. The summed E-state index contributed by atoms with van der Waals surface area (Å²) < 4.78 is 54.4. The molecule has 0 spiro atoms. The Hall–Kier alpha value is -3.24. The SMILES string of the molecule is FC(F)(F)c1ccc(-c2noc(-c3ccc(OCC(=S)NCC4=CCOCC4)cc3)n2)cc1. The van der Waals surface area contributed by atoms with Gasteiger partial charge in [-0.15, -0.1) is 0 Å². The summed E-state index contributed by atoms with van der Waals surface area (Å²) in [5, 5.41) is 7.04. The van der Waals surface area contributed by atoms with Gasteiger partial charge in [0.25, 0.3) is 5.89 Å². The quantitative estimate of drug-likeness (QED) is 0.378. The van der Waals surface area contributed by atoms with Crippen LogP contribution >= 0.6 is 12.2 Å². The first kappa shape index (κ1) is 22.9. The summed E-state index contributed by atoms with van der Waals surface area (Å²) in [4.78, 5) is 4.87. The number of hydrogen-bond acceptors (Lipinski definition) is 6. The highest BCUT2D eigenvalue weighted by molar-refractivity contribution is 7.80.